The van der Waals surface area contributed by atoms with Crippen LogP contribution in [-0.2, 0) is 16.6 Å². The molecule has 9 heteroatoms. The lowest BCUT2D eigenvalue weighted by Gasteiger charge is -2.21. The molecular formula is C25H31N3O5S. The van der Waals surface area contributed by atoms with E-state index in [1.54, 1.807) is 0 Å². The van der Waals surface area contributed by atoms with Gasteiger partial charge in [0, 0.05) is 18.7 Å². The maximum Gasteiger partial charge on any atom is 0.253 e. The third kappa shape index (κ3) is 5.32. The van der Waals surface area contributed by atoms with Crippen molar-refractivity contribution in [1.29, 1.82) is 0 Å². The number of pyridine rings is 1. The van der Waals surface area contributed by atoms with Crippen LogP contribution in [0.4, 0.5) is 0 Å². The van der Waals surface area contributed by atoms with Gasteiger partial charge in [-0.25, -0.2) is 13.4 Å². The third-order valence-corrected chi connectivity index (χ3v) is 7.48. The Balaban J connectivity index is 1.77. The number of aliphatic hydroxyl groups is 1. The number of primary amides is 1. The second kappa shape index (κ2) is 9.85. The molecule has 34 heavy (non-hydrogen) atoms. The summed E-state index contributed by atoms with van der Waals surface area (Å²) in [5.41, 5.74) is 9.72. The van der Waals surface area contributed by atoms with Gasteiger partial charge in [-0.05, 0) is 56.6 Å². The molecule has 1 fully saturated rings. The van der Waals surface area contributed by atoms with E-state index in [1.807, 2.05) is 37.3 Å². The summed E-state index contributed by atoms with van der Waals surface area (Å²) in [5, 5.41) is 9.56. The van der Waals surface area contributed by atoms with Crippen molar-refractivity contribution in [3.8, 4) is 11.3 Å². The van der Waals surface area contributed by atoms with Crippen molar-refractivity contribution in [2.24, 2.45) is 5.73 Å². The number of benzene rings is 1. The van der Waals surface area contributed by atoms with Gasteiger partial charge in [-0.3, -0.25) is 4.79 Å². The number of aromatic nitrogens is 1. The summed E-state index contributed by atoms with van der Waals surface area (Å²) >= 11 is 0. The Labute approximate surface area is 199 Å². The number of hydrogen-bond acceptors (Lipinski definition) is 6. The van der Waals surface area contributed by atoms with E-state index < -0.39 is 15.9 Å². The number of unbranched alkanes of at least 4 members (excludes halogenated alkanes) is 2. The Morgan fingerprint density at radius 1 is 1.21 bits per heavy atom. The first-order valence-corrected chi connectivity index (χ1v) is 13.4. The summed E-state index contributed by atoms with van der Waals surface area (Å²) in [4.78, 5) is 17.1. The minimum atomic E-state index is -3.46. The van der Waals surface area contributed by atoms with Crippen LogP contribution >= 0.6 is 0 Å². The number of carbonyl (C=O) groups excluding carboxylic acids is 1. The summed E-state index contributed by atoms with van der Waals surface area (Å²) < 4.78 is 32.4. The normalized spacial score (nSPS) is 14.2. The van der Waals surface area contributed by atoms with Gasteiger partial charge in [-0.15, -0.1) is 0 Å². The first-order valence-electron chi connectivity index (χ1n) is 11.6. The zero-order valence-corrected chi connectivity index (χ0v) is 20.4. The van der Waals surface area contributed by atoms with Crippen molar-refractivity contribution in [3.05, 3.63) is 52.7 Å². The number of furan rings is 1. The lowest BCUT2D eigenvalue weighted by molar-refractivity contribution is 0.100. The number of amides is 1. The molecule has 0 saturated heterocycles. The molecule has 1 aliphatic carbocycles. The van der Waals surface area contributed by atoms with E-state index in [1.165, 1.54) is 10.6 Å². The molecule has 0 radical (unpaired) electrons. The van der Waals surface area contributed by atoms with E-state index in [9.17, 15) is 13.2 Å². The number of aryl methyl sites for hydroxylation is 1. The molecule has 3 aromatic rings. The number of nitrogens with zero attached hydrogens (tertiary/aromatic N) is 2. The molecule has 8 nitrogen and oxygen atoms in total. The molecule has 2 aromatic heterocycles. The second-order valence-electron chi connectivity index (χ2n) is 9.07. The van der Waals surface area contributed by atoms with Crippen LogP contribution in [0.15, 0.2) is 34.7 Å². The van der Waals surface area contributed by atoms with Crippen molar-refractivity contribution < 1.29 is 22.7 Å². The van der Waals surface area contributed by atoms with Gasteiger partial charge < -0.3 is 15.3 Å². The molecule has 1 aliphatic rings. The predicted octanol–water partition coefficient (Wildman–Crippen LogP) is 3.70. The topological polar surface area (TPSA) is 127 Å². The lowest BCUT2D eigenvalue weighted by atomic mass is 10.0. The number of aliphatic hydroxyl groups excluding tert-OH is 1. The molecule has 0 atom stereocenters. The van der Waals surface area contributed by atoms with Crippen LogP contribution in [0.25, 0.3) is 22.4 Å². The van der Waals surface area contributed by atoms with Crippen LogP contribution in [0.5, 0.6) is 0 Å². The Bertz CT molecular complexity index is 1290. The van der Waals surface area contributed by atoms with Crippen molar-refractivity contribution >= 4 is 27.0 Å². The number of rotatable bonds is 11. The summed E-state index contributed by atoms with van der Waals surface area (Å²) in [7, 11) is -3.46. The molecule has 2 heterocycles. The average molecular weight is 486 g/mol. The Hall–Kier alpha value is -2.75. The number of nitrogens with two attached hydrogens (primary N) is 1. The molecule has 4 rings (SSSR count). The Morgan fingerprint density at radius 2 is 1.91 bits per heavy atom. The van der Waals surface area contributed by atoms with Crippen LogP contribution in [0.3, 0.4) is 0 Å². The number of sulfonamides is 1. The van der Waals surface area contributed by atoms with Crippen LogP contribution < -0.4 is 5.73 Å². The number of carbonyl (C=O) groups is 1. The van der Waals surface area contributed by atoms with Crippen LogP contribution in [0.2, 0.25) is 0 Å². The van der Waals surface area contributed by atoms with Gasteiger partial charge in [0.25, 0.3) is 5.91 Å². The fourth-order valence-electron chi connectivity index (χ4n) is 4.21. The SMILES string of the molecule is Cc1ccc(-c2oc3nc(CN(CCCCCO)S(C)(=O)=O)c(C4CC4)cc3c2C(N)=O)cc1. The van der Waals surface area contributed by atoms with E-state index in [-0.39, 0.29) is 24.8 Å². The largest absolute Gasteiger partial charge is 0.437 e. The van der Waals surface area contributed by atoms with E-state index in [4.69, 9.17) is 20.2 Å². The van der Waals surface area contributed by atoms with Crippen molar-refractivity contribution in [1.82, 2.24) is 9.29 Å². The molecule has 3 N–H and O–H groups in total. The Morgan fingerprint density at radius 3 is 2.50 bits per heavy atom. The lowest BCUT2D eigenvalue weighted by Crippen LogP contribution is -2.31. The minimum Gasteiger partial charge on any atom is -0.437 e. The van der Waals surface area contributed by atoms with E-state index in [2.05, 4.69) is 0 Å². The highest BCUT2D eigenvalue weighted by molar-refractivity contribution is 7.88. The zero-order chi connectivity index (χ0) is 24.5. The molecule has 1 aromatic carbocycles. The smallest absolute Gasteiger partial charge is 0.253 e. The molecule has 0 bridgehead atoms. The van der Waals surface area contributed by atoms with Crippen LogP contribution in [0.1, 0.15) is 65.2 Å². The number of hydrogen-bond donors (Lipinski definition) is 2. The fourth-order valence-corrected chi connectivity index (χ4v) is 5.03. The summed E-state index contributed by atoms with van der Waals surface area (Å²) in [6.45, 7) is 2.55. The average Bonchev–Trinajstić information content (AvgIpc) is 3.55. The van der Waals surface area contributed by atoms with E-state index >= 15 is 0 Å². The maximum absolute atomic E-state index is 12.5. The van der Waals surface area contributed by atoms with Crippen molar-refractivity contribution in [2.45, 2.75) is 51.5 Å². The third-order valence-electron chi connectivity index (χ3n) is 6.23. The van der Waals surface area contributed by atoms with Gasteiger partial charge in [0.1, 0.15) is 5.76 Å². The van der Waals surface area contributed by atoms with Gasteiger partial charge in [0.2, 0.25) is 15.7 Å². The van der Waals surface area contributed by atoms with Crippen molar-refractivity contribution in [3.63, 3.8) is 0 Å². The van der Waals surface area contributed by atoms with Crippen molar-refractivity contribution in [2.75, 3.05) is 19.4 Å². The van der Waals surface area contributed by atoms with Crippen LogP contribution in [-0.4, -0.2) is 48.1 Å². The summed E-state index contributed by atoms with van der Waals surface area (Å²) in [6.07, 6.45) is 5.21. The zero-order valence-electron chi connectivity index (χ0n) is 19.6. The second-order valence-corrected chi connectivity index (χ2v) is 11.1. The summed E-state index contributed by atoms with van der Waals surface area (Å²) in [6, 6.07) is 9.52. The molecule has 0 spiro atoms. The standard InChI is InChI=1S/C25H31N3O5S/c1-16-6-8-18(9-7-16)23-22(24(26)30)20-14-19(17-10-11-17)21(27-25(20)33-23)15-28(34(2,31)32)12-4-3-5-13-29/h6-9,14,17,29H,3-5,10-13,15H2,1-2H3,(H2,26,30). The Kier molecular flexibility index (Phi) is 7.06. The van der Waals surface area contributed by atoms with Gasteiger partial charge in [-0.2, -0.15) is 4.31 Å². The molecule has 1 saturated carbocycles. The first kappa shape index (κ1) is 24.4. The maximum atomic E-state index is 12.5. The monoisotopic (exact) mass is 485 g/mol. The minimum absolute atomic E-state index is 0.0902. The van der Waals surface area contributed by atoms with Gasteiger partial charge in [-0.1, -0.05) is 29.8 Å². The molecule has 0 unspecified atom stereocenters. The summed E-state index contributed by atoms with van der Waals surface area (Å²) in [5.74, 6) is 0.0614. The molecule has 182 valence electrons. The molecule has 0 aliphatic heterocycles. The molecule has 1 amide bonds. The van der Waals surface area contributed by atoms with Gasteiger partial charge >= 0.3 is 0 Å². The van der Waals surface area contributed by atoms with Gasteiger partial charge in [0.15, 0.2) is 0 Å². The van der Waals surface area contributed by atoms with Gasteiger partial charge in [0.05, 0.1) is 29.4 Å². The predicted molar refractivity (Wildman–Crippen MR) is 131 cm³/mol. The van der Waals surface area contributed by atoms with E-state index in [0.29, 0.717) is 41.8 Å². The highest BCUT2D eigenvalue weighted by Crippen LogP contribution is 2.44. The molecular weight excluding hydrogens is 454 g/mol. The first-order chi connectivity index (χ1) is 16.2. The highest BCUT2D eigenvalue weighted by Gasteiger charge is 2.31. The van der Waals surface area contributed by atoms with E-state index in [0.717, 1.165) is 36.0 Å². The highest BCUT2D eigenvalue weighted by atomic mass is 32.2. The fraction of sp³-hybridized carbons (Fsp3) is 0.440. The van der Waals surface area contributed by atoms with Crippen LogP contribution in [0, 0.1) is 6.92 Å². The quantitative estimate of drug-likeness (QED) is 0.399. The number of fused-ring (bicyclic) bond motifs is 1.